The molecule has 0 atom stereocenters. The molecule has 0 aliphatic carbocycles. The summed E-state index contributed by atoms with van der Waals surface area (Å²) in [6.45, 7) is 16.9. The number of hydrogen-bond donors (Lipinski definition) is 1. The van der Waals surface area contributed by atoms with Gasteiger partial charge >= 0.3 is 0 Å². The quantitative estimate of drug-likeness (QED) is 0.110. The number of H-pyrrole nitrogens is 1. The molecule has 4 rings (SSSR count). The van der Waals surface area contributed by atoms with E-state index in [0.29, 0.717) is 19.8 Å². The van der Waals surface area contributed by atoms with Crippen LogP contribution >= 0.6 is 11.6 Å². The second-order valence-electron chi connectivity index (χ2n) is 10.6. The van der Waals surface area contributed by atoms with Gasteiger partial charge in [-0.3, -0.25) is 0 Å². The van der Waals surface area contributed by atoms with Crippen LogP contribution in [0.25, 0.3) is 22.4 Å². The van der Waals surface area contributed by atoms with Crippen molar-refractivity contribution >= 4 is 22.6 Å². The Kier molecular flexibility index (Phi) is 13.0. The van der Waals surface area contributed by atoms with Gasteiger partial charge in [0.25, 0.3) is 0 Å². The lowest BCUT2D eigenvalue weighted by molar-refractivity contribution is 0.248. The first-order chi connectivity index (χ1) is 21.0. The fraction of sp³-hybridized carbons (Fsp3) is 0.457. The Morgan fingerprint density at radius 1 is 0.721 bits per heavy atom. The highest BCUT2D eigenvalue weighted by Crippen LogP contribution is 2.34. The minimum Gasteiger partial charge on any atom is -0.493 e. The number of ether oxygens (including phenoxy) is 3. The van der Waals surface area contributed by atoms with Crippen LogP contribution in [0.3, 0.4) is 0 Å². The lowest BCUT2D eigenvalue weighted by Gasteiger charge is -2.18. The van der Waals surface area contributed by atoms with Gasteiger partial charge in [-0.05, 0) is 81.0 Å². The Morgan fingerprint density at radius 2 is 1.37 bits per heavy atom. The standard InChI is InChI=1S/C35H47ClN4O3/c1-5-39(6-2)19-10-21-41-29-15-17-32-33(25-29)38-35(37-32)31-16-14-30(42-23-18-27-12-9-13-28(36)24-27)26-34(31)43-22-11-20-40(7-3)8-4/h9,12-17,24-26H,5-8,10-11,18-23H2,1-4H3,(H,37,38). The number of hydrogen-bond acceptors (Lipinski definition) is 6. The smallest absolute Gasteiger partial charge is 0.142 e. The van der Waals surface area contributed by atoms with Gasteiger partial charge in [0.1, 0.15) is 23.1 Å². The molecule has 0 amide bonds. The maximum absolute atomic E-state index is 6.36. The second kappa shape index (κ2) is 17.1. The van der Waals surface area contributed by atoms with Crippen molar-refractivity contribution in [2.24, 2.45) is 0 Å². The minimum absolute atomic E-state index is 0.545. The number of aromatic nitrogens is 2. The Balaban J connectivity index is 1.46. The third-order valence-electron chi connectivity index (χ3n) is 7.76. The van der Waals surface area contributed by atoms with Gasteiger partial charge in [0, 0.05) is 36.7 Å². The number of nitrogens with zero attached hydrogens (tertiary/aromatic N) is 3. The highest BCUT2D eigenvalue weighted by atomic mass is 35.5. The average Bonchev–Trinajstić information content (AvgIpc) is 3.45. The summed E-state index contributed by atoms with van der Waals surface area (Å²) < 4.78 is 18.6. The van der Waals surface area contributed by atoms with E-state index in [1.54, 1.807) is 0 Å². The van der Waals surface area contributed by atoms with Crippen LogP contribution in [-0.4, -0.2) is 78.9 Å². The molecule has 0 unspecified atom stereocenters. The molecule has 0 saturated carbocycles. The zero-order valence-electron chi connectivity index (χ0n) is 26.2. The molecular formula is C35H47ClN4O3. The van der Waals surface area contributed by atoms with E-state index in [-0.39, 0.29) is 0 Å². The molecule has 0 radical (unpaired) electrons. The molecule has 1 N–H and O–H groups in total. The normalized spacial score (nSPS) is 11.5. The van der Waals surface area contributed by atoms with Crippen LogP contribution in [0.5, 0.6) is 17.2 Å². The van der Waals surface area contributed by atoms with Gasteiger partial charge in [-0.2, -0.15) is 0 Å². The van der Waals surface area contributed by atoms with Crippen LogP contribution in [0.2, 0.25) is 5.02 Å². The van der Waals surface area contributed by atoms with Crippen LogP contribution < -0.4 is 14.2 Å². The van der Waals surface area contributed by atoms with Crippen molar-refractivity contribution in [3.8, 4) is 28.6 Å². The first-order valence-electron chi connectivity index (χ1n) is 15.7. The van der Waals surface area contributed by atoms with E-state index < -0.39 is 0 Å². The van der Waals surface area contributed by atoms with Crippen molar-refractivity contribution < 1.29 is 14.2 Å². The largest absolute Gasteiger partial charge is 0.493 e. The van der Waals surface area contributed by atoms with E-state index in [4.69, 9.17) is 30.8 Å². The van der Waals surface area contributed by atoms with Crippen molar-refractivity contribution in [3.05, 3.63) is 71.2 Å². The number of aromatic amines is 1. The molecule has 43 heavy (non-hydrogen) atoms. The van der Waals surface area contributed by atoms with Gasteiger partial charge in [-0.15, -0.1) is 0 Å². The van der Waals surface area contributed by atoms with Gasteiger partial charge in [-0.25, -0.2) is 4.98 Å². The summed E-state index contributed by atoms with van der Waals surface area (Å²) in [6.07, 6.45) is 2.71. The summed E-state index contributed by atoms with van der Waals surface area (Å²) in [5.41, 5.74) is 3.87. The topological polar surface area (TPSA) is 62.9 Å². The van der Waals surface area contributed by atoms with Gasteiger partial charge in [0.05, 0.1) is 36.4 Å². The second-order valence-corrected chi connectivity index (χ2v) is 11.0. The molecule has 1 heterocycles. The fourth-order valence-electron chi connectivity index (χ4n) is 5.12. The molecule has 7 nitrogen and oxygen atoms in total. The summed E-state index contributed by atoms with van der Waals surface area (Å²) in [7, 11) is 0. The van der Waals surface area contributed by atoms with Crippen molar-refractivity contribution in [1.82, 2.24) is 19.8 Å². The van der Waals surface area contributed by atoms with E-state index in [1.807, 2.05) is 54.6 Å². The number of rotatable bonds is 19. The fourth-order valence-corrected chi connectivity index (χ4v) is 5.33. The predicted molar refractivity (Wildman–Crippen MR) is 178 cm³/mol. The molecule has 0 aliphatic heterocycles. The zero-order chi connectivity index (χ0) is 30.4. The highest BCUT2D eigenvalue weighted by molar-refractivity contribution is 6.30. The van der Waals surface area contributed by atoms with Crippen LogP contribution in [0.15, 0.2) is 60.7 Å². The number of nitrogens with one attached hydrogen (secondary N) is 1. The third-order valence-corrected chi connectivity index (χ3v) is 8.00. The summed E-state index contributed by atoms with van der Waals surface area (Å²) in [6, 6.07) is 19.9. The third kappa shape index (κ3) is 9.88. The Bertz CT molecular complexity index is 1400. The number of benzene rings is 3. The Labute approximate surface area is 262 Å². The summed E-state index contributed by atoms with van der Waals surface area (Å²) in [5, 5.41) is 0.738. The predicted octanol–water partition coefficient (Wildman–Crippen LogP) is 7.73. The van der Waals surface area contributed by atoms with Crippen molar-refractivity contribution in [2.45, 2.75) is 47.0 Å². The molecule has 0 aliphatic rings. The molecule has 8 heteroatoms. The summed E-state index contributed by atoms with van der Waals surface area (Å²) in [5.74, 6) is 3.13. The van der Waals surface area contributed by atoms with E-state index in [1.165, 1.54) is 0 Å². The maximum atomic E-state index is 6.36. The number of imidazole rings is 1. The summed E-state index contributed by atoms with van der Waals surface area (Å²) >= 11 is 6.14. The molecular weight excluding hydrogens is 560 g/mol. The van der Waals surface area contributed by atoms with E-state index in [9.17, 15) is 0 Å². The lowest BCUT2D eigenvalue weighted by atomic mass is 10.1. The van der Waals surface area contributed by atoms with Crippen molar-refractivity contribution in [1.29, 1.82) is 0 Å². The molecule has 0 spiro atoms. The molecule has 232 valence electrons. The monoisotopic (exact) mass is 606 g/mol. The number of halogens is 1. The minimum atomic E-state index is 0.545. The maximum Gasteiger partial charge on any atom is 0.142 e. The average molecular weight is 607 g/mol. The summed E-state index contributed by atoms with van der Waals surface area (Å²) in [4.78, 5) is 13.2. The van der Waals surface area contributed by atoms with Gasteiger partial charge < -0.3 is 29.0 Å². The number of fused-ring (bicyclic) bond motifs is 1. The molecule has 0 saturated heterocycles. The van der Waals surface area contributed by atoms with Crippen LogP contribution in [-0.2, 0) is 6.42 Å². The van der Waals surface area contributed by atoms with Gasteiger partial charge in [0.2, 0.25) is 0 Å². The Hall–Kier alpha value is -3.26. The molecule has 4 aromatic rings. The van der Waals surface area contributed by atoms with Crippen LogP contribution in [0, 0.1) is 0 Å². The Morgan fingerprint density at radius 3 is 2.07 bits per heavy atom. The van der Waals surface area contributed by atoms with Gasteiger partial charge in [0.15, 0.2) is 0 Å². The van der Waals surface area contributed by atoms with E-state index >= 15 is 0 Å². The first kappa shape index (κ1) is 32.6. The van der Waals surface area contributed by atoms with Crippen molar-refractivity contribution in [2.75, 3.05) is 59.1 Å². The molecule has 0 fully saturated rings. The van der Waals surface area contributed by atoms with Crippen LogP contribution in [0.1, 0.15) is 46.1 Å². The molecule has 1 aromatic heterocycles. The van der Waals surface area contributed by atoms with Crippen molar-refractivity contribution in [3.63, 3.8) is 0 Å². The zero-order valence-corrected chi connectivity index (χ0v) is 27.0. The SMILES string of the molecule is CCN(CC)CCCOc1ccc2nc(-c3ccc(OCCc4cccc(Cl)c4)cc3OCCCN(CC)CC)[nH]c2c1. The molecule has 3 aromatic carbocycles. The lowest BCUT2D eigenvalue weighted by Crippen LogP contribution is -2.25. The molecule has 0 bridgehead atoms. The van der Waals surface area contributed by atoms with Gasteiger partial charge in [-0.1, -0.05) is 51.4 Å². The van der Waals surface area contributed by atoms with Crippen LogP contribution in [0.4, 0.5) is 0 Å². The first-order valence-corrected chi connectivity index (χ1v) is 16.1. The van der Waals surface area contributed by atoms with E-state index in [0.717, 1.165) is 109 Å². The van der Waals surface area contributed by atoms with E-state index in [2.05, 4.69) is 48.5 Å². The highest BCUT2D eigenvalue weighted by Gasteiger charge is 2.14.